The molecule has 1 atom stereocenters. The lowest BCUT2D eigenvalue weighted by molar-refractivity contribution is -0.143. The van der Waals surface area contributed by atoms with E-state index >= 15 is 0 Å². The van der Waals surface area contributed by atoms with Gasteiger partial charge in [0.05, 0.1) is 26.1 Å². The number of carbonyl (C=O) groups excluding carboxylic acids is 1. The summed E-state index contributed by atoms with van der Waals surface area (Å²) < 4.78 is 4.93. The molecular formula is C15H21BN2O2. The maximum atomic E-state index is 11.4. The number of hydrogen-bond acceptors (Lipinski definition) is 4. The Morgan fingerprint density at radius 2 is 1.85 bits per heavy atom. The summed E-state index contributed by atoms with van der Waals surface area (Å²) in [6.45, 7) is 2.29. The van der Waals surface area contributed by atoms with E-state index in [9.17, 15) is 4.79 Å². The van der Waals surface area contributed by atoms with Crippen molar-refractivity contribution in [3.8, 4) is 6.07 Å². The molecule has 20 heavy (non-hydrogen) atoms. The Hall–Kier alpha value is -1.80. The third kappa shape index (κ3) is 7.60. The molecule has 0 bridgehead atoms. The largest absolute Gasteiger partial charge is 0.466 e. The van der Waals surface area contributed by atoms with Gasteiger partial charge in [0.2, 0.25) is 0 Å². The lowest BCUT2D eigenvalue weighted by Crippen LogP contribution is -2.16. The molecule has 106 valence electrons. The molecule has 0 aliphatic rings. The zero-order valence-corrected chi connectivity index (χ0v) is 12.6. The Balaban J connectivity index is 0.000000796. The molecule has 0 aliphatic carbocycles. The summed E-state index contributed by atoms with van der Waals surface area (Å²) in [5, 5.41) is 8.62. The Morgan fingerprint density at radius 3 is 2.25 bits per heavy atom. The summed E-state index contributed by atoms with van der Waals surface area (Å²) in [5.41, 5.74) is 1.19. The van der Waals surface area contributed by atoms with Gasteiger partial charge in [-0.3, -0.25) is 4.79 Å². The van der Waals surface area contributed by atoms with Crippen LogP contribution in [0.5, 0.6) is 0 Å². The number of hydrogen-bond donors (Lipinski definition) is 0. The summed E-state index contributed by atoms with van der Waals surface area (Å²) in [4.78, 5) is 13.4. The molecule has 0 N–H and O–H groups in total. The molecule has 1 aromatic rings. The SMILES string of the molecule is CN(C)C.[B]C(C(=O)OCCC)c1ccc(C#N)cc1. The smallest absolute Gasteiger partial charge is 0.304 e. The van der Waals surface area contributed by atoms with E-state index in [1.54, 1.807) is 24.3 Å². The zero-order chi connectivity index (χ0) is 15.5. The van der Waals surface area contributed by atoms with Crippen molar-refractivity contribution in [2.24, 2.45) is 0 Å². The first-order chi connectivity index (χ1) is 9.42. The second-order valence-electron chi connectivity index (χ2n) is 4.72. The third-order valence-corrected chi connectivity index (χ3v) is 2.10. The number of rotatable bonds is 4. The van der Waals surface area contributed by atoms with Crippen LogP contribution in [0.2, 0.25) is 0 Å². The maximum Gasteiger partial charge on any atom is 0.304 e. The van der Waals surface area contributed by atoms with Crippen molar-refractivity contribution in [3.05, 3.63) is 35.4 Å². The monoisotopic (exact) mass is 272 g/mol. The van der Waals surface area contributed by atoms with Gasteiger partial charge >= 0.3 is 5.97 Å². The van der Waals surface area contributed by atoms with Crippen LogP contribution < -0.4 is 0 Å². The quantitative estimate of drug-likeness (QED) is 0.620. The van der Waals surface area contributed by atoms with E-state index in [-0.39, 0.29) is 0 Å². The minimum atomic E-state index is -0.778. The van der Waals surface area contributed by atoms with Crippen LogP contribution in [0.25, 0.3) is 0 Å². The van der Waals surface area contributed by atoms with Crippen molar-refractivity contribution in [1.82, 2.24) is 4.90 Å². The lowest BCUT2D eigenvalue weighted by atomic mass is 9.81. The van der Waals surface area contributed by atoms with Crippen LogP contribution in [0.1, 0.15) is 30.3 Å². The van der Waals surface area contributed by atoms with Gasteiger partial charge < -0.3 is 9.64 Å². The summed E-state index contributed by atoms with van der Waals surface area (Å²) in [7, 11) is 11.7. The van der Waals surface area contributed by atoms with Gasteiger partial charge in [0, 0.05) is 5.82 Å². The topological polar surface area (TPSA) is 53.3 Å². The Labute approximate surface area is 122 Å². The highest BCUT2D eigenvalue weighted by Crippen LogP contribution is 2.14. The van der Waals surface area contributed by atoms with Gasteiger partial charge in [0.25, 0.3) is 0 Å². The van der Waals surface area contributed by atoms with Crippen LogP contribution in [-0.4, -0.2) is 46.5 Å². The number of benzene rings is 1. The summed E-state index contributed by atoms with van der Waals surface area (Å²) in [6, 6.07) is 8.58. The minimum Gasteiger partial charge on any atom is -0.466 e. The number of esters is 1. The predicted molar refractivity (Wildman–Crippen MR) is 80.5 cm³/mol. The van der Waals surface area contributed by atoms with E-state index in [2.05, 4.69) is 0 Å². The first-order valence-corrected chi connectivity index (χ1v) is 6.45. The summed E-state index contributed by atoms with van der Waals surface area (Å²) in [5.74, 6) is -1.22. The van der Waals surface area contributed by atoms with Crippen LogP contribution in [0.15, 0.2) is 24.3 Å². The Kier molecular flexibility index (Phi) is 9.15. The second-order valence-corrected chi connectivity index (χ2v) is 4.72. The molecule has 1 aromatic carbocycles. The third-order valence-electron chi connectivity index (χ3n) is 2.10. The van der Waals surface area contributed by atoms with Crippen molar-refractivity contribution in [2.75, 3.05) is 27.7 Å². The fourth-order valence-corrected chi connectivity index (χ4v) is 1.19. The van der Waals surface area contributed by atoms with Gasteiger partial charge in [-0.05, 0) is 45.3 Å². The highest BCUT2D eigenvalue weighted by molar-refractivity contribution is 6.23. The molecule has 0 aliphatic heterocycles. The molecule has 0 saturated carbocycles. The first-order valence-electron chi connectivity index (χ1n) is 6.45. The Morgan fingerprint density at radius 1 is 1.35 bits per heavy atom. The van der Waals surface area contributed by atoms with Crippen LogP contribution >= 0.6 is 0 Å². The number of ether oxygens (including phenoxy) is 1. The van der Waals surface area contributed by atoms with Crippen molar-refractivity contribution >= 4 is 13.8 Å². The molecule has 0 spiro atoms. The molecular weight excluding hydrogens is 251 g/mol. The normalized spacial score (nSPS) is 11.0. The number of carbonyl (C=O) groups is 1. The molecule has 1 unspecified atom stereocenters. The van der Waals surface area contributed by atoms with Crippen LogP contribution in [0.4, 0.5) is 0 Å². The van der Waals surface area contributed by atoms with Crippen molar-refractivity contribution in [2.45, 2.75) is 19.2 Å². The van der Waals surface area contributed by atoms with E-state index in [4.69, 9.17) is 17.8 Å². The fourth-order valence-electron chi connectivity index (χ4n) is 1.19. The predicted octanol–water partition coefficient (Wildman–Crippen LogP) is 1.90. The average Bonchev–Trinajstić information content (AvgIpc) is 2.43. The molecule has 0 fully saturated rings. The van der Waals surface area contributed by atoms with Crippen LogP contribution in [0, 0.1) is 11.3 Å². The molecule has 4 nitrogen and oxygen atoms in total. The maximum absolute atomic E-state index is 11.4. The number of nitrogens with zero attached hydrogens (tertiary/aromatic N) is 2. The highest BCUT2D eigenvalue weighted by Gasteiger charge is 2.15. The molecule has 1 rings (SSSR count). The van der Waals surface area contributed by atoms with Gasteiger partial charge in [-0.1, -0.05) is 19.1 Å². The molecule has 5 heteroatoms. The lowest BCUT2D eigenvalue weighted by Gasteiger charge is -2.11. The van der Waals surface area contributed by atoms with Gasteiger partial charge in [0.15, 0.2) is 0 Å². The van der Waals surface area contributed by atoms with E-state index in [1.165, 1.54) is 0 Å². The summed E-state index contributed by atoms with van der Waals surface area (Å²) in [6.07, 6.45) is 0.770. The molecule has 0 heterocycles. The van der Waals surface area contributed by atoms with E-state index in [0.29, 0.717) is 17.7 Å². The average molecular weight is 272 g/mol. The molecule has 0 saturated heterocycles. The zero-order valence-electron chi connectivity index (χ0n) is 12.6. The van der Waals surface area contributed by atoms with E-state index in [1.807, 2.05) is 39.0 Å². The minimum absolute atomic E-state index is 0.378. The standard InChI is InChI=1S/C12H12BNO2.C3H9N/c1-2-7-16-12(15)11(13)10-5-3-9(8-14)4-6-10;1-4(2)3/h3-6,11H,2,7H2,1H3;1-3H3. The molecule has 0 amide bonds. The van der Waals surface area contributed by atoms with Gasteiger partial charge in [-0.2, -0.15) is 5.26 Å². The van der Waals surface area contributed by atoms with Crippen molar-refractivity contribution in [3.63, 3.8) is 0 Å². The second kappa shape index (κ2) is 10.0. The summed E-state index contributed by atoms with van der Waals surface area (Å²) >= 11 is 0. The highest BCUT2D eigenvalue weighted by atomic mass is 16.5. The van der Waals surface area contributed by atoms with E-state index < -0.39 is 11.8 Å². The number of nitriles is 1. The molecule has 2 radical (unpaired) electrons. The van der Waals surface area contributed by atoms with Crippen LogP contribution in [0.3, 0.4) is 0 Å². The van der Waals surface area contributed by atoms with Gasteiger partial charge in [-0.15, -0.1) is 0 Å². The van der Waals surface area contributed by atoms with Gasteiger partial charge in [-0.25, -0.2) is 0 Å². The van der Waals surface area contributed by atoms with Crippen molar-refractivity contribution in [1.29, 1.82) is 5.26 Å². The van der Waals surface area contributed by atoms with Gasteiger partial charge in [0.1, 0.15) is 0 Å². The Bertz CT molecular complexity index is 435. The fraction of sp³-hybridized carbons (Fsp3) is 0.467. The van der Waals surface area contributed by atoms with Crippen molar-refractivity contribution < 1.29 is 9.53 Å². The molecule has 0 aromatic heterocycles. The van der Waals surface area contributed by atoms with Crippen LogP contribution in [-0.2, 0) is 9.53 Å². The van der Waals surface area contributed by atoms with E-state index in [0.717, 1.165) is 6.42 Å². The first kappa shape index (κ1) is 18.2.